The molecule has 0 aliphatic carbocycles. The zero-order chi connectivity index (χ0) is 24.6. The molecule has 0 heterocycles. The second kappa shape index (κ2) is 11.8. The molecule has 0 aliphatic rings. The largest absolute Gasteiger partial charge is 0.409 e. The molecule has 0 spiro atoms. The average Bonchev–Trinajstić information content (AvgIpc) is 2.80. The fourth-order valence-corrected chi connectivity index (χ4v) is 3.64. The number of allylic oxidation sites excluding steroid dienone is 1. The third-order valence-electron chi connectivity index (χ3n) is 5.53. The van der Waals surface area contributed by atoms with Gasteiger partial charge in [-0.3, -0.25) is 0 Å². The van der Waals surface area contributed by atoms with Crippen LogP contribution in [-0.4, -0.2) is 6.18 Å². The molecule has 34 heavy (non-hydrogen) atoms. The zero-order valence-corrected chi connectivity index (χ0v) is 19.0. The first kappa shape index (κ1) is 25.4. The molecule has 0 saturated heterocycles. The van der Waals surface area contributed by atoms with E-state index in [0.29, 0.717) is 6.08 Å². The molecule has 0 N–H and O–H groups in total. The van der Waals surface area contributed by atoms with Crippen LogP contribution in [0.5, 0.6) is 0 Å². The highest BCUT2D eigenvalue weighted by Crippen LogP contribution is 2.24. The third kappa shape index (κ3) is 7.68. The monoisotopic (exact) mass is 470 g/mol. The molecule has 3 aromatic rings. The Kier molecular flexibility index (Phi) is 8.80. The Bertz CT molecular complexity index is 1100. The molecule has 0 unspecified atom stereocenters. The van der Waals surface area contributed by atoms with Crippen LogP contribution in [0, 0.1) is 11.6 Å². The van der Waals surface area contributed by atoms with E-state index in [1.165, 1.54) is 37.3 Å². The molecule has 0 saturated carbocycles. The minimum Gasteiger partial charge on any atom is -0.206 e. The highest BCUT2D eigenvalue weighted by molar-refractivity contribution is 5.73. The molecule has 5 heteroatoms. The highest BCUT2D eigenvalue weighted by atomic mass is 19.4. The maximum atomic E-state index is 14.1. The molecule has 0 aromatic heterocycles. The zero-order valence-electron chi connectivity index (χ0n) is 19.0. The van der Waals surface area contributed by atoms with Crippen LogP contribution in [0.4, 0.5) is 22.0 Å². The summed E-state index contributed by atoms with van der Waals surface area (Å²) in [5.74, 6) is -2.10. The van der Waals surface area contributed by atoms with E-state index < -0.39 is 23.4 Å². The Balaban J connectivity index is 1.65. The molecule has 3 rings (SSSR count). The van der Waals surface area contributed by atoms with Gasteiger partial charge in [0, 0.05) is 11.6 Å². The summed E-state index contributed by atoms with van der Waals surface area (Å²) in [7, 11) is 0. The van der Waals surface area contributed by atoms with Gasteiger partial charge >= 0.3 is 6.18 Å². The van der Waals surface area contributed by atoms with Crippen molar-refractivity contribution in [3.05, 3.63) is 101 Å². The summed E-state index contributed by atoms with van der Waals surface area (Å²) >= 11 is 0. The lowest BCUT2D eigenvalue weighted by Crippen LogP contribution is -2.01. The summed E-state index contributed by atoms with van der Waals surface area (Å²) in [4.78, 5) is 0. The van der Waals surface area contributed by atoms with E-state index in [-0.39, 0.29) is 11.6 Å². The van der Waals surface area contributed by atoms with E-state index in [1.807, 2.05) is 24.3 Å². The predicted octanol–water partition coefficient (Wildman–Crippen LogP) is 9.50. The van der Waals surface area contributed by atoms with Crippen LogP contribution in [0.1, 0.15) is 54.9 Å². The van der Waals surface area contributed by atoms with E-state index >= 15 is 0 Å². The summed E-state index contributed by atoms with van der Waals surface area (Å²) in [6, 6.07) is 18.3. The van der Waals surface area contributed by atoms with Gasteiger partial charge < -0.3 is 0 Å². The van der Waals surface area contributed by atoms with Crippen LogP contribution >= 0.6 is 0 Å². The van der Waals surface area contributed by atoms with E-state index in [1.54, 1.807) is 6.08 Å². The molecular weight excluding hydrogens is 443 g/mol. The lowest BCUT2D eigenvalue weighted by molar-refractivity contribution is -0.0790. The number of hydrogen-bond acceptors (Lipinski definition) is 0. The topological polar surface area (TPSA) is 0 Å². The summed E-state index contributed by atoms with van der Waals surface area (Å²) in [5, 5.41) is 0. The second-order valence-corrected chi connectivity index (χ2v) is 8.24. The quantitative estimate of drug-likeness (QED) is 0.166. The highest BCUT2D eigenvalue weighted by Gasteiger charge is 2.22. The van der Waals surface area contributed by atoms with Crippen molar-refractivity contribution in [1.82, 2.24) is 0 Å². The number of unbranched alkanes of at least 4 members (excludes halogenated alkanes) is 3. The average molecular weight is 471 g/mol. The van der Waals surface area contributed by atoms with Crippen LogP contribution in [0.15, 0.2) is 66.7 Å². The van der Waals surface area contributed by atoms with Gasteiger partial charge in [-0.05, 0) is 58.9 Å². The number of halogens is 5. The van der Waals surface area contributed by atoms with Crippen molar-refractivity contribution >= 4 is 18.2 Å². The van der Waals surface area contributed by atoms with Gasteiger partial charge in [0.1, 0.15) is 11.6 Å². The summed E-state index contributed by atoms with van der Waals surface area (Å²) in [5.41, 5.74) is 3.84. The van der Waals surface area contributed by atoms with Gasteiger partial charge in [0.2, 0.25) is 0 Å². The van der Waals surface area contributed by atoms with Crippen LogP contribution in [0.3, 0.4) is 0 Å². The smallest absolute Gasteiger partial charge is 0.206 e. The minimum atomic E-state index is -4.64. The number of alkyl halides is 3. The number of benzene rings is 3. The normalized spacial score (nSPS) is 12.2. The molecule has 0 bridgehead atoms. The van der Waals surface area contributed by atoms with Gasteiger partial charge in [0.25, 0.3) is 0 Å². The van der Waals surface area contributed by atoms with Gasteiger partial charge in [0.05, 0.1) is 0 Å². The Morgan fingerprint density at radius 1 is 0.676 bits per heavy atom. The summed E-state index contributed by atoms with van der Waals surface area (Å²) < 4.78 is 65.0. The summed E-state index contributed by atoms with van der Waals surface area (Å²) in [6.45, 7) is 2.20. The molecule has 0 atom stereocenters. The summed E-state index contributed by atoms with van der Waals surface area (Å²) in [6.07, 6.45) is 4.84. The van der Waals surface area contributed by atoms with Crippen molar-refractivity contribution in [1.29, 1.82) is 0 Å². The van der Waals surface area contributed by atoms with E-state index in [2.05, 4.69) is 31.2 Å². The molecular formula is C29H27F5. The van der Waals surface area contributed by atoms with Crippen LogP contribution in [-0.2, 0) is 6.42 Å². The van der Waals surface area contributed by atoms with Crippen LogP contribution < -0.4 is 0 Å². The van der Waals surface area contributed by atoms with Crippen LogP contribution in [0.25, 0.3) is 29.4 Å². The third-order valence-corrected chi connectivity index (χ3v) is 5.53. The molecule has 178 valence electrons. The fraction of sp³-hybridized carbons (Fsp3) is 0.241. The fourth-order valence-electron chi connectivity index (χ4n) is 3.64. The van der Waals surface area contributed by atoms with Crippen molar-refractivity contribution < 1.29 is 22.0 Å². The van der Waals surface area contributed by atoms with Gasteiger partial charge in [0.15, 0.2) is 0 Å². The second-order valence-electron chi connectivity index (χ2n) is 8.24. The number of hydrogen-bond donors (Lipinski definition) is 0. The molecule has 0 nitrogen and oxygen atoms in total. The maximum absolute atomic E-state index is 14.1. The van der Waals surface area contributed by atoms with Gasteiger partial charge in [-0.25, -0.2) is 8.78 Å². The first-order valence-electron chi connectivity index (χ1n) is 11.4. The van der Waals surface area contributed by atoms with Gasteiger partial charge in [-0.2, -0.15) is 13.2 Å². The first-order valence-corrected chi connectivity index (χ1v) is 11.4. The standard InChI is InChI=1S/C29H27F5/c1-2-3-4-5-6-21-9-13-24(14-10-21)25-15-11-22(12-16-25)7-8-23-19-27(30)26(28(31)20-23)17-18-29(32,33)34/h7-20H,2-6H2,1H3/b8-7+,18-17+. The minimum absolute atomic E-state index is 0.188. The Morgan fingerprint density at radius 2 is 1.24 bits per heavy atom. The molecule has 0 amide bonds. The molecule has 3 aromatic carbocycles. The Hall–Kier alpha value is -3.21. The first-order chi connectivity index (χ1) is 16.2. The number of rotatable bonds is 9. The van der Waals surface area contributed by atoms with Crippen molar-refractivity contribution in [2.24, 2.45) is 0 Å². The molecule has 0 radical (unpaired) electrons. The van der Waals surface area contributed by atoms with Crippen molar-refractivity contribution in [2.75, 3.05) is 0 Å². The van der Waals surface area contributed by atoms with Gasteiger partial charge in [-0.15, -0.1) is 0 Å². The predicted molar refractivity (Wildman–Crippen MR) is 130 cm³/mol. The lowest BCUT2D eigenvalue weighted by atomic mass is 10.00. The Labute approximate surface area is 197 Å². The van der Waals surface area contributed by atoms with E-state index in [9.17, 15) is 22.0 Å². The number of aryl methyl sites for hydroxylation is 1. The lowest BCUT2D eigenvalue weighted by Gasteiger charge is -2.06. The molecule has 0 aliphatic heterocycles. The van der Waals surface area contributed by atoms with Crippen molar-refractivity contribution in [3.63, 3.8) is 0 Å². The van der Waals surface area contributed by atoms with Gasteiger partial charge in [-0.1, -0.05) is 86.9 Å². The molecule has 0 fully saturated rings. The maximum Gasteiger partial charge on any atom is 0.409 e. The van der Waals surface area contributed by atoms with Crippen molar-refractivity contribution in [3.8, 4) is 11.1 Å². The van der Waals surface area contributed by atoms with E-state index in [4.69, 9.17) is 0 Å². The van der Waals surface area contributed by atoms with Crippen LogP contribution in [0.2, 0.25) is 0 Å². The Morgan fingerprint density at radius 3 is 1.79 bits per heavy atom. The SMILES string of the molecule is CCCCCCc1ccc(-c2ccc(/C=C/c3cc(F)c(/C=C/C(F)(F)F)c(F)c3)cc2)cc1. The van der Waals surface area contributed by atoms with E-state index in [0.717, 1.165) is 35.2 Å². The van der Waals surface area contributed by atoms with Crippen molar-refractivity contribution in [2.45, 2.75) is 45.2 Å².